The van der Waals surface area contributed by atoms with Crippen molar-refractivity contribution in [1.29, 1.82) is 0 Å². The minimum absolute atomic E-state index is 0.0132. The quantitative estimate of drug-likeness (QED) is 0.708. The number of carbonyl (C=O) groups is 1. The Kier molecular flexibility index (Phi) is 3.22. The molecule has 0 aromatic heterocycles. The highest BCUT2D eigenvalue weighted by molar-refractivity contribution is 5.81. The number of hydrogen-bond acceptors (Lipinski definition) is 3. The second-order valence-electron chi connectivity index (χ2n) is 5.38. The molecule has 1 aliphatic carbocycles. The first-order chi connectivity index (χ1) is 7.57. The number of nitrogens with one attached hydrogen (secondary N) is 1. The van der Waals surface area contributed by atoms with Crippen LogP contribution in [0.15, 0.2) is 0 Å². The Morgan fingerprint density at radius 3 is 2.69 bits per heavy atom. The third-order valence-electron chi connectivity index (χ3n) is 3.86. The van der Waals surface area contributed by atoms with Crippen molar-refractivity contribution in [2.75, 3.05) is 19.6 Å². The zero-order valence-electron chi connectivity index (χ0n) is 10.3. The second-order valence-corrected chi connectivity index (χ2v) is 5.38. The zero-order chi connectivity index (χ0) is 11.8. The highest BCUT2D eigenvalue weighted by Gasteiger charge is 2.51. The molecule has 1 saturated heterocycles. The van der Waals surface area contributed by atoms with Crippen LogP contribution in [0.5, 0.6) is 0 Å². The van der Waals surface area contributed by atoms with Crippen LogP contribution in [0.25, 0.3) is 0 Å². The number of rotatable bonds is 5. The molecule has 0 bridgehead atoms. The van der Waals surface area contributed by atoms with Gasteiger partial charge in [-0.15, -0.1) is 0 Å². The van der Waals surface area contributed by atoms with E-state index >= 15 is 0 Å². The Hall–Kier alpha value is -0.610. The van der Waals surface area contributed by atoms with Crippen molar-refractivity contribution in [2.24, 2.45) is 11.7 Å². The van der Waals surface area contributed by atoms with Crippen molar-refractivity contribution in [1.82, 2.24) is 10.2 Å². The van der Waals surface area contributed by atoms with Gasteiger partial charge in [0.2, 0.25) is 5.91 Å². The number of nitrogens with two attached hydrogens (primary N) is 1. The van der Waals surface area contributed by atoms with Crippen molar-refractivity contribution >= 4 is 5.91 Å². The molecule has 92 valence electrons. The van der Waals surface area contributed by atoms with Gasteiger partial charge in [-0.2, -0.15) is 0 Å². The maximum Gasteiger partial charge on any atom is 0.237 e. The molecular formula is C12H23N3O. The van der Waals surface area contributed by atoms with Gasteiger partial charge in [0.05, 0.1) is 6.04 Å². The maximum atomic E-state index is 11.7. The van der Waals surface area contributed by atoms with Gasteiger partial charge in [-0.25, -0.2) is 0 Å². The monoisotopic (exact) mass is 225 g/mol. The van der Waals surface area contributed by atoms with E-state index in [0.29, 0.717) is 0 Å². The Morgan fingerprint density at radius 2 is 2.19 bits per heavy atom. The summed E-state index contributed by atoms with van der Waals surface area (Å²) in [6, 6.07) is -0.0259. The normalized spacial score (nSPS) is 25.9. The van der Waals surface area contributed by atoms with Gasteiger partial charge in [0.25, 0.3) is 0 Å². The summed E-state index contributed by atoms with van der Waals surface area (Å²) in [5.74, 6) is 0.856. The predicted molar refractivity (Wildman–Crippen MR) is 64.0 cm³/mol. The Morgan fingerprint density at radius 1 is 1.56 bits per heavy atom. The lowest BCUT2D eigenvalue weighted by atomic mass is 9.84. The van der Waals surface area contributed by atoms with Gasteiger partial charge in [-0.1, -0.05) is 6.92 Å². The summed E-state index contributed by atoms with van der Waals surface area (Å²) in [6.07, 6.45) is 3.54. The number of hydrogen-bond donors (Lipinski definition) is 2. The fourth-order valence-corrected chi connectivity index (χ4v) is 2.46. The standard InChI is InChI=1S/C12H23N3O/c1-3-6-14-11(16)9(2)15-7-12(13,8-15)10-4-5-10/h9-10H,3-8,13H2,1-2H3,(H,14,16). The molecule has 2 fully saturated rings. The largest absolute Gasteiger partial charge is 0.355 e. The van der Waals surface area contributed by atoms with Gasteiger partial charge in [-0.3, -0.25) is 9.69 Å². The molecule has 2 rings (SSSR count). The first-order valence-electron chi connectivity index (χ1n) is 6.37. The van der Waals surface area contributed by atoms with Crippen LogP contribution in [0.2, 0.25) is 0 Å². The Balaban J connectivity index is 1.75. The summed E-state index contributed by atoms with van der Waals surface area (Å²) in [7, 11) is 0. The van der Waals surface area contributed by atoms with Crippen LogP contribution in [0, 0.1) is 5.92 Å². The topological polar surface area (TPSA) is 58.4 Å². The van der Waals surface area contributed by atoms with E-state index in [4.69, 9.17) is 5.73 Å². The average Bonchev–Trinajstić information content (AvgIpc) is 3.04. The number of amides is 1. The minimum atomic E-state index is -0.0259. The summed E-state index contributed by atoms with van der Waals surface area (Å²) in [4.78, 5) is 13.9. The summed E-state index contributed by atoms with van der Waals surface area (Å²) in [6.45, 7) is 6.58. The predicted octanol–water partition coefficient (Wildman–Crippen LogP) is 0.324. The van der Waals surface area contributed by atoms with Crippen LogP contribution in [-0.4, -0.2) is 42.0 Å². The van der Waals surface area contributed by atoms with Crippen LogP contribution in [0.1, 0.15) is 33.1 Å². The van der Waals surface area contributed by atoms with E-state index in [1.807, 2.05) is 6.92 Å². The molecule has 1 unspecified atom stereocenters. The highest BCUT2D eigenvalue weighted by Crippen LogP contribution is 2.43. The summed E-state index contributed by atoms with van der Waals surface area (Å²) >= 11 is 0. The van der Waals surface area contributed by atoms with Gasteiger partial charge < -0.3 is 11.1 Å². The van der Waals surface area contributed by atoms with E-state index in [1.54, 1.807) is 0 Å². The van der Waals surface area contributed by atoms with Gasteiger partial charge in [0.1, 0.15) is 0 Å². The van der Waals surface area contributed by atoms with Crippen molar-refractivity contribution in [3.63, 3.8) is 0 Å². The lowest BCUT2D eigenvalue weighted by molar-refractivity contribution is -0.129. The van der Waals surface area contributed by atoms with Crippen LogP contribution < -0.4 is 11.1 Å². The number of carbonyl (C=O) groups excluding carboxylic acids is 1. The molecule has 2 aliphatic rings. The van der Waals surface area contributed by atoms with Crippen LogP contribution in [0.4, 0.5) is 0 Å². The van der Waals surface area contributed by atoms with Gasteiger partial charge in [-0.05, 0) is 32.1 Å². The Labute approximate surface area is 97.6 Å². The van der Waals surface area contributed by atoms with Crippen molar-refractivity contribution in [3.05, 3.63) is 0 Å². The average molecular weight is 225 g/mol. The van der Waals surface area contributed by atoms with E-state index in [-0.39, 0.29) is 17.5 Å². The fourth-order valence-electron chi connectivity index (χ4n) is 2.46. The van der Waals surface area contributed by atoms with Crippen LogP contribution in [0.3, 0.4) is 0 Å². The molecular weight excluding hydrogens is 202 g/mol. The molecule has 1 saturated carbocycles. The molecule has 1 aliphatic heterocycles. The zero-order valence-corrected chi connectivity index (χ0v) is 10.3. The third kappa shape index (κ3) is 2.23. The van der Waals surface area contributed by atoms with Gasteiger partial charge >= 0.3 is 0 Å². The third-order valence-corrected chi connectivity index (χ3v) is 3.86. The molecule has 0 spiro atoms. The summed E-state index contributed by atoms with van der Waals surface area (Å²) < 4.78 is 0. The lowest BCUT2D eigenvalue weighted by Gasteiger charge is -2.50. The van der Waals surface area contributed by atoms with E-state index < -0.39 is 0 Å². The van der Waals surface area contributed by atoms with Gasteiger partial charge in [0, 0.05) is 25.2 Å². The minimum Gasteiger partial charge on any atom is -0.355 e. The maximum absolute atomic E-state index is 11.7. The molecule has 0 radical (unpaired) electrons. The molecule has 3 N–H and O–H groups in total. The molecule has 4 heteroatoms. The fraction of sp³-hybridized carbons (Fsp3) is 0.917. The van der Waals surface area contributed by atoms with Crippen molar-refractivity contribution in [3.8, 4) is 0 Å². The second kappa shape index (κ2) is 4.34. The van der Waals surface area contributed by atoms with Crippen molar-refractivity contribution < 1.29 is 4.79 Å². The Bertz CT molecular complexity index is 269. The molecule has 1 atom stereocenters. The first-order valence-corrected chi connectivity index (χ1v) is 6.37. The SMILES string of the molecule is CCCNC(=O)C(C)N1CC(N)(C2CC2)C1. The highest BCUT2D eigenvalue weighted by atomic mass is 16.2. The van der Waals surface area contributed by atoms with E-state index in [2.05, 4.69) is 17.1 Å². The molecule has 4 nitrogen and oxygen atoms in total. The summed E-state index contributed by atoms with van der Waals surface area (Å²) in [5.41, 5.74) is 6.28. The van der Waals surface area contributed by atoms with Gasteiger partial charge in [0.15, 0.2) is 0 Å². The number of nitrogens with zero attached hydrogens (tertiary/aromatic N) is 1. The molecule has 1 amide bonds. The molecule has 0 aromatic carbocycles. The van der Waals surface area contributed by atoms with Crippen LogP contribution >= 0.6 is 0 Å². The smallest absolute Gasteiger partial charge is 0.237 e. The number of likely N-dealkylation sites (tertiary alicyclic amines) is 1. The van der Waals surface area contributed by atoms with Crippen molar-refractivity contribution in [2.45, 2.75) is 44.7 Å². The molecule has 1 heterocycles. The lowest BCUT2D eigenvalue weighted by Crippen LogP contribution is -2.71. The molecule has 0 aromatic rings. The first kappa shape index (κ1) is 11.9. The van der Waals surface area contributed by atoms with Crippen LogP contribution in [-0.2, 0) is 4.79 Å². The molecule has 16 heavy (non-hydrogen) atoms. The van der Waals surface area contributed by atoms with E-state index in [1.165, 1.54) is 12.8 Å². The summed E-state index contributed by atoms with van der Waals surface area (Å²) in [5, 5.41) is 2.93. The van der Waals surface area contributed by atoms with E-state index in [9.17, 15) is 4.79 Å². The van der Waals surface area contributed by atoms with E-state index in [0.717, 1.165) is 32.0 Å².